The molecule has 1 N–H and O–H groups in total. The van der Waals surface area contributed by atoms with E-state index in [0.717, 1.165) is 51.6 Å². The van der Waals surface area contributed by atoms with Crippen LogP contribution in [0.2, 0.25) is 0 Å². The highest BCUT2D eigenvalue weighted by molar-refractivity contribution is 5.00. The van der Waals surface area contributed by atoms with Gasteiger partial charge in [0.05, 0.1) is 12.5 Å². The first-order valence-electron chi connectivity index (χ1n) is 7.25. The fraction of sp³-hybridized carbons (Fsp3) is 0.846. The van der Waals surface area contributed by atoms with Crippen LogP contribution in [-0.2, 0) is 4.74 Å². The summed E-state index contributed by atoms with van der Waals surface area (Å²) < 4.78 is 11.2. The van der Waals surface area contributed by atoms with E-state index in [9.17, 15) is 0 Å². The number of nitrogens with zero attached hydrogens (tertiary/aromatic N) is 3. The highest BCUT2D eigenvalue weighted by Crippen LogP contribution is 2.25. The van der Waals surface area contributed by atoms with E-state index in [4.69, 9.17) is 9.26 Å². The van der Waals surface area contributed by atoms with Gasteiger partial charge in [0.1, 0.15) is 6.10 Å². The first-order chi connectivity index (χ1) is 9.36. The fourth-order valence-corrected chi connectivity index (χ4v) is 2.75. The number of nitrogens with one attached hydrogen (secondary N) is 1. The lowest BCUT2D eigenvalue weighted by Crippen LogP contribution is -2.38. The molecule has 6 heteroatoms. The van der Waals surface area contributed by atoms with Gasteiger partial charge in [0.15, 0.2) is 0 Å². The molecular formula is C13H22N4O2. The molecule has 1 aromatic heterocycles. The predicted octanol–water partition coefficient (Wildman–Crippen LogP) is 0.930. The van der Waals surface area contributed by atoms with Gasteiger partial charge in [-0.2, -0.15) is 4.98 Å². The number of aromatic nitrogens is 2. The van der Waals surface area contributed by atoms with E-state index in [2.05, 4.69) is 27.3 Å². The van der Waals surface area contributed by atoms with Crippen molar-refractivity contribution in [3.8, 4) is 0 Å². The summed E-state index contributed by atoms with van der Waals surface area (Å²) in [5.41, 5.74) is 0. The number of rotatable bonds is 3. The Morgan fingerprint density at radius 1 is 1.47 bits per heavy atom. The molecule has 0 radical (unpaired) electrons. The molecule has 0 saturated carbocycles. The van der Waals surface area contributed by atoms with Crippen LogP contribution in [0.1, 0.15) is 43.5 Å². The summed E-state index contributed by atoms with van der Waals surface area (Å²) in [6, 6.07) is 0. The molecule has 0 amide bonds. The zero-order chi connectivity index (χ0) is 13.1. The second-order valence-corrected chi connectivity index (χ2v) is 5.29. The lowest BCUT2D eigenvalue weighted by Gasteiger charge is -2.30. The maximum atomic E-state index is 5.75. The number of likely N-dealkylation sites (N-methyl/N-ethyl adjacent to an activating group) is 1. The molecule has 3 heterocycles. The Labute approximate surface area is 113 Å². The third kappa shape index (κ3) is 2.96. The van der Waals surface area contributed by atoms with Crippen molar-refractivity contribution in [3.63, 3.8) is 0 Å². The van der Waals surface area contributed by atoms with Crippen LogP contribution >= 0.6 is 0 Å². The Bertz CT molecular complexity index is 403. The zero-order valence-corrected chi connectivity index (χ0v) is 11.5. The van der Waals surface area contributed by atoms with E-state index in [1.54, 1.807) is 0 Å². The van der Waals surface area contributed by atoms with E-state index in [0.29, 0.717) is 11.7 Å². The molecule has 6 nitrogen and oxygen atoms in total. The van der Waals surface area contributed by atoms with Crippen molar-refractivity contribution in [1.29, 1.82) is 0 Å². The maximum Gasteiger partial charge on any atom is 0.231 e. The van der Waals surface area contributed by atoms with Crippen molar-refractivity contribution in [2.45, 2.75) is 31.8 Å². The summed E-state index contributed by atoms with van der Waals surface area (Å²) >= 11 is 0. The van der Waals surface area contributed by atoms with Crippen molar-refractivity contribution in [2.24, 2.45) is 0 Å². The van der Waals surface area contributed by atoms with Crippen molar-refractivity contribution in [2.75, 3.05) is 39.3 Å². The minimum Gasteiger partial charge on any atom is -0.367 e. The second-order valence-electron chi connectivity index (χ2n) is 5.29. The van der Waals surface area contributed by atoms with Crippen LogP contribution in [0.5, 0.6) is 0 Å². The SMILES string of the molecule is CCN1CCOC(c2noc([C@@H]3CCCNC3)n2)C1. The van der Waals surface area contributed by atoms with Crippen molar-refractivity contribution < 1.29 is 9.26 Å². The van der Waals surface area contributed by atoms with E-state index in [-0.39, 0.29) is 6.10 Å². The van der Waals surface area contributed by atoms with E-state index in [1.165, 1.54) is 6.42 Å². The lowest BCUT2D eigenvalue weighted by atomic mass is 10.00. The topological polar surface area (TPSA) is 63.4 Å². The molecule has 1 unspecified atom stereocenters. The van der Waals surface area contributed by atoms with Gasteiger partial charge in [-0.25, -0.2) is 0 Å². The van der Waals surface area contributed by atoms with Gasteiger partial charge >= 0.3 is 0 Å². The molecule has 3 rings (SSSR count). The van der Waals surface area contributed by atoms with Crippen molar-refractivity contribution in [3.05, 3.63) is 11.7 Å². The normalized spacial score (nSPS) is 29.5. The molecule has 0 bridgehead atoms. The molecule has 0 aliphatic carbocycles. The first-order valence-corrected chi connectivity index (χ1v) is 7.25. The van der Waals surface area contributed by atoms with Gasteiger partial charge in [0.25, 0.3) is 0 Å². The average Bonchev–Trinajstić information content (AvgIpc) is 2.98. The van der Waals surface area contributed by atoms with E-state index >= 15 is 0 Å². The monoisotopic (exact) mass is 266 g/mol. The Morgan fingerprint density at radius 2 is 2.42 bits per heavy atom. The number of ether oxygens (including phenoxy) is 1. The van der Waals surface area contributed by atoms with Crippen LogP contribution in [0.4, 0.5) is 0 Å². The van der Waals surface area contributed by atoms with Crippen LogP contribution in [0, 0.1) is 0 Å². The highest BCUT2D eigenvalue weighted by Gasteiger charge is 2.27. The molecule has 19 heavy (non-hydrogen) atoms. The van der Waals surface area contributed by atoms with Gasteiger partial charge in [-0.05, 0) is 25.9 Å². The zero-order valence-electron chi connectivity index (χ0n) is 11.5. The Hall–Kier alpha value is -0.980. The molecule has 106 valence electrons. The Balaban J connectivity index is 1.66. The number of hydrogen-bond donors (Lipinski definition) is 1. The smallest absolute Gasteiger partial charge is 0.231 e. The van der Waals surface area contributed by atoms with Crippen LogP contribution in [0.25, 0.3) is 0 Å². The third-order valence-corrected chi connectivity index (χ3v) is 3.99. The number of hydrogen-bond acceptors (Lipinski definition) is 6. The third-order valence-electron chi connectivity index (χ3n) is 3.99. The summed E-state index contributed by atoms with van der Waals surface area (Å²) in [6.07, 6.45) is 2.26. The minimum atomic E-state index is -0.0391. The maximum absolute atomic E-state index is 5.75. The van der Waals surface area contributed by atoms with Crippen LogP contribution in [0.15, 0.2) is 4.52 Å². The lowest BCUT2D eigenvalue weighted by molar-refractivity contribution is -0.0334. The Kier molecular flexibility index (Phi) is 4.10. The van der Waals surface area contributed by atoms with Crippen molar-refractivity contribution in [1.82, 2.24) is 20.4 Å². The van der Waals surface area contributed by atoms with Crippen molar-refractivity contribution >= 4 is 0 Å². The first kappa shape index (κ1) is 13.0. The van der Waals surface area contributed by atoms with E-state index in [1.807, 2.05) is 0 Å². The molecule has 2 saturated heterocycles. The van der Waals surface area contributed by atoms with Crippen LogP contribution in [0.3, 0.4) is 0 Å². The van der Waals surface area contributed by atoms with Gasteiger partial charge in [0.2, 0.25) is 11.7 Å². The van der Waals surface area contributed by atoms with Gasteiger partial charge in [-0.1, -0.05) is 12.1 Å². The molecule has 0 aromatic carbocycles. The molecule has 2 aliphatic heterocycles. The number of piperidine rings is 1. The predicted molar refractivity (Wildman–Crippen MR) is 69.9 cm³/mol. The van der Waals surface area contributed by atoms with Gasteiger partial charge in [0, 0.05) is 19.6 Å². The van der Waals surface area contributed by atoms with Crippen LogP contribution in [-0.4, -0.2) is 54.4 Å². The molecule has 1 aromatic rings. The molecule has 2 aliphatic rings. The van der Waals surface area contributed by atoms with Crippen LogP contribution < -0.4 is 5.32 Å². The summed E-state index contributed by atoms with van der Waals surface area (Å²) in [7, 11) is 0. The quantitative estimate of drug-likeness (QED) is 0.878. The molecule has 2 atom stereocenters. The molecule has 2 fully saturated rings. The highest BCUT2D eigenvalue weighted by atomic mass is 16.5. The van der Waals surface area contributed by atoms with Gasteiger partial charge in [-0.3, -0.25) is 4.90 Å². The average molecular weight is 266 g/mol. The van der Waals surface area contributed by atoms with Gasteiger partial charge in [-0.15, -0.1) is 0 Å². The molecular weight excluding hydrogens is 244 g/mol. The number of morpholine rings is 1. The molecule has 0 spiro atoms. The fourth-order valence-electron chi connectivity index (χ4n) is 2.75. The summed E-state index contributed by atoms with van der Waals surface area (Å²) in [4.78, 5) is 6.91. The standard InChI is InChI=1S/C13H22N4O2/c1-2-17-6-7-18-11(9-17)12-15-13(19-16-12)10-4-3-5-14-8-10/h10-11,14H,2-9H2,1H3/t10-,11?/m1/s1. The largest absolute Gasteiger partial charge is 0.367 e. The second kappa shape index (κ2) is 5.98. The van der Waals surface area contributed by atoms with Gasteiger partial charge < -0.3 is 14.6 Å². The summed E-state index contributed by atoms with van der Waals surface area (Å²) in [6.45, 7) is 7.83. The minimum absolute atomic E-state index is 0.0391. The Morgan fingerprint density at radius 3 is 3.21 bits per heavy atom. The summed E-state index contributed by atoms with van der Waals surface area (Å²) in [5.74, 6) is 1.83. The van der Waals surface area contributed by atoms with E-state index < -0.39 is 0 Å². The summed E-state index contributed by atoms with van der Waals surface area (Å²) in [5, 5.41) is 7.49.